The number of benzene rings is 1. The van der Waals surface area contributed by atoms with Crippen LogP contribution in [0.4, 0.5) is 4.39 Å². The summed E-state index contributed by atoms with van der Waals surface area (Å²) in [6.07, 6.45) is 4.74. The van der Waals surface area contributed by atoms with Crippen molar-refractivity contribution in [3.8, 4) is 11.4 Å². The number of ether oxygens (including phenoxy) is 1. The predicted octanol–water partition coefficient (Wildman–Crippen LogP) is 3.98. The molecule has 0 aliphatic rings. The van der Waals surface area contributed by atoms with E-state index in [-0.39, 0.29) is 13.2 Å². The summed E-state index contributed by atoms with van der Waals surface area (Å²) in [6.45, 7) is 4.24. The lowest BCUT2D eigenvalue weighted by atomic mass is 10.0. The summed E-state index contributed by atoms with van der Waals surface area (Å²) in [4.78, 5) is 8.53. The molecule has 0 saturated heterocycles. The number of fused-ring (bicyclic) bond motifs is 1. The average molecular weight is 408 g/mol. The second kappa shape index (κ2) is 8.56. The molecule has 4 aromatic rings. The molecule has 0 saturated carbocycles. The van der Waals surface area contributed by atoms with Gasteiger partial charge >= 0.3 is 0 Å². The van der Waals surface area contributed by atoms with Crippen LogP contribution in [0.3, 0.4) is 0 Å². The molecule has 3 aromatic heterocycles. The third-order valence-electron chi connectivity index (χ3n) is 4.67. The Morgan fingerprint density at radius 2 is 2.13 bits per heavy atom. The van der Waals surface area contributed by atoms with E-state index in [1.807, 2.05) is 37.3 Å². The molecule has 1 aromatic carbocycles. The summed E-state index contributed by atoms with van der Waals surface area (Å²) in [5.74, 6) is 0.533. The maximum absolute atomic E-state index is 15.1. The Labute approximate surface area is 172 Å². The van der Waals surface area contributed by atoms with E-state index in [1.165, 1.54) is 12.3 Å². The monoisotopic (exact) mass is 408 g/mol. The standard InChI is InChI=1S/C22H21FN4O3/c1-14-3-4-17(22-25-15(2)30-26-22)10-18(14)11-19(23)20-12-24-21-9-16(5-6-27(20)21)13-29-8-7-28/h3-6,9-12,28H,7-8,13H2,1-2H3/b19-11+. The molecule has 30 heavy (non-hydrogen) atoms. The van der Waals surface area contributed by atoms with Gasteiger partial charge < -0.3 is 14.4 Å². The highest BCUT2D eigenvalue weighted by molar-refractivity contribution is 5.79. The number of aromatic nitrogens is 4. The maximum Gasteiger partial charge on any atom is 0.223 e. The number of hydrogen-bond donors (Lipinski definition) is 1. The van der Waals surface area contributed by atoms with Crippen LogP contribution in [0.1, 0.15) is 28.3 Å². The van der Waals surface area contributed by atoms with Gasteiger partial charge in [0.25, 0.3) is 0 Å². The molecule has 8 heteroatoms. The van der Waals surface area contributed by atoms with Crippen LogP contribution >= 0.6 is 0 Å². The van der Waals surface area contributed by atoms with Crippen LogP contribution in [0.25, 0.3) is 28.9 Å². The number of aryl methyl sites for hydroxylation is 2. The molecule has 1 N–H and O–H groups in total. The molecule has 0 aliphatic carbocycles. The first kappa shape index (κ1) is 19.9. The molecule has 0 amide bonds. The second-order valence-corrected chi connectivity index (χ2v) is 6.88. The van der Waals surface area contributed by atoms with Gasteiger partial charge in [0.15, 0.2) is 0 Å². The first-order chi connectivity index (χ1) is 14.5. The van der Waals surface area contributed by atoms with Crippen molar-refractivity contribution in [1.82, 2.24) is 19.5 Å². The minimum Gasteiger partial charge on any atom is -0.394 e. The molecule has 0 unspecified atom stereocenters. The van der Waals surface area contributed by atoms with Crippen LogP contribution < -0.4 is 0 Å². The Bertz CT molecular complexity index is 1210. The van der Waals surface area contributed by atoms with E-state index < -0.39 is 5.83 Å². The summed E-state index contributed by atoms with van der Waals surface area (Å²) < 4.78 is 27.2. The predicted molar refractivity (Wildman–Crippen MR) is 110 cm³/mol. The van der Waals surface area contributed by atoms with Crippen LogP contribution in [-0.4, -0.2) is 37.8 Å². The summed E-state index contributed by atoms with van der Waals surface area (Å²) >= 11 is 0. The van der Waals surface area contributed by atoms with Crippen molar-refractivity contribution < 1.29 is 18.8 Å². The number of aliphatic hydroxyl groups excluding tert-OH is 1. The average Bonchev–Trinajstić information content (AvgIpc) is 3.36. The minimum atomic E-state index is -0.406. The van der Waals surface area contributed by atoms with Gasteiger partial charge in [0.2, 0.25) is 11.7 Å². The fourth-order valence-corrected chi connectivity index (χ4v) is 3.11. The van der Waals surface area contributed by atoms with Gasteiger partial charge in [-0.25, -0.2) is 9.37 Å². The van der Waals surface area contributed by atoms with Crippen molar-refractivity contribution >= 4 is 17.6 Å². The van der Waals surface area contributed by atoms with Crippen molar-refractivity contribution in [3.05, 3.63) is 71.0 Å². The van der Waals surface area contributed by atoms with E-state index in [0.29, 0.717) is 29.7 Å². The first-order valence-electron chi connectivity index (χ1n) is 9.48. The maximum atomic E-state index is 15.1. The molecule has 0 aliphatic heterocycles. The number of halogens is 1. The minimum absolute atomic E-state index is 0.0290. The Morgan fingerprint density at radius 3 is 2.90 bits per heavy atom. The van der Waals surface area contributed by atoms with E-state index >= 15 is 4.39 Å². The van der Waals surface area contributed by atoms with E-state index in [2.05, 4.69) is 15.1 Å². The SMILES string of the molecule is Cc1nc(-c2ccc(C)c(/C=C(/F)c3cnc4cc(COCCO)ccn34)c2)no1. The van der Waals surface area contributed by atoms with E-state index in [4.69, 9.17) is 14.4 Å². The summed E-state index contributed by atoms with van der Waals surface area (Å²) in [5, 5.41) is 12.7. The van der Waals surface area contributed by atoms with Crippen LogP contribution in [0.2, 0.25) is 0 Å². The van der Waals surface area contributed by atoms with Gasteiger partial charge in [-0.15, -0.1) is 0 Å². The zero-order valence-corrected chi connectivity index (χ0v) is 16.7. The van der Waals surface area contributed by atoms with Gasteiger partial charge in [-0.05, 0) is 47.9 Å². The normalized spacial score (nSPS) is 12.1. The van der Waals surface area contributed by atoms with Gasteiger partial charge in [0.1, 0.15) is 17.2 Å². The van der Waals surface area contributed by atoms with Crippen LogP contribution in [0.15, 0.2) is 47.2 Å². The van der Waals surface area contributed by atoms with Crippen LogP contribution in [0, 0.1) is 13.8 Å². The third-order valence-corrected chi connectivity index (χ3v) is 4.67. The molecular weight excluding hydrogens is 387 g/mol. The molecule has 0 radical (unpaired) electrons. The molecule has 0 atom stereocenters. The molecular formula is C22H21FN4O3. The zero-order valence-electron chi connectivity index (χ0n) is 16.7. The van der Waals surface area contributed by atoms with Gasteiger partial charge in [-0.1, -0.05) is 17.3 Å². The largest absolute Gasteiger partial charge is 0.394 e. The van der Waals surface area contributed by atoms with Crippen molar-refractivity contribution in [2.24, 2.45) is 0 Å². The van der Waals surface area contributed by atoms with Gasteiger partial charge in [0.05, 0.1) is 26.0 Å². The number of rotatable bonds is 7. The van der Waals surface area contributed by atoms with Gasteiger partial charge in [-0.2, -0.15) is 4.98 Å². The molecule has 0 fully saturated rings. The molecule has 4 rings (SSSR count). The smallest absolute Gasteiger partial charge is 0.223 e. The van der Waals surface area contributed by atoms with E-state index in [1.54, 1.807) is 17.5 Å². The second-order valence-electron chi connectivity index (χ2n) is 6.88. The van der Waals surface area contributed by atoms with Crippen LogP contribution in [0.5, 0.6) is 0 Å². The zero-order chi connectivity index (χ0) is 21.1. The lowest BCUT2D eigenvalue weighted by Crippen LogP contribution is -2.00. The molecule has 7 nitrogen and oxygen atoms in total. The van der Waals surface area contributed by atoms with Crippen molar-refractivity contribution in [3.63, 3.8) is 0 Å². The fourth-order valence-electron chi connectivity index (χ4n) is 3.11. The molecule has 0 bridgehead atoms. The van der Waals surface area contributed by atoms with Crippen LogP contribution in [-0.2, 0) is 11.3 Å². The first-order valence-corrected chi connectivity index (χ1v) is 9.48. The third kappa shape index (κ3) is 4.14. The highest BCUT2D eigenvalue weighted by atomic mass is 19.1. The molecule has 154 valence electrons. The Kier molecular flexibility index (Phi) is 5.69. The number of aliphatic hydroxyl groups is 1. The lowest BCUT2D eigenvalue weighted by molar-refractivity contribution is 0.0815. The van der Waals surface area contributed by atoms with Gasteiger partial charge in [0, 0.05) is 18.7 Å². The topological polar surface area (TPSA) is 85.7 Å². The highest BCUT2D eigenvalue weighted by Gasteiger charge is 2.12. The summed E-state index contributed by atoms with van der Waals surface area (Å²) in [7, 11) is 0. The fraction of sp³-hybridized carbons (Fsp3) is 0.227. The Hall–Kier alpha value is -3.36. The summed E-state index contributed by atoms with van der Waals surface area (Å²) in [5.41, 5.74) is 4.26. The number of hydrogen-bond acceptors (Lipinski definition) is 6. The van der Waals surface area contributed by atoms with Crippen molar-refractivity contribution in [2.75, 3.05) is 13.2 Å². The molecule has 3 heterocycles. The van der Waals surface area contributed by atoms with Crippen molar-refractivity contribution in [1.29, 1.82) is 0 Å². The number of nitrogens with zero attached hydrogens (tertiary/aromatic N) is 4. The molecule has 0 spiro atoms. The lowest BCUT2D eigenvalue weighted by Gasteiger charge is -2.06. The Balaban J connectivity index is 1.64. The van der Waals surface area contributed by atoms with Crippen molar-refractivity contribution in [2.45, 2.75) is 20.5 Å². The Morgan fingerprint density at radius 1 is 1.27 bits per heavy atom. The van der Waals surface area contributed by atoms with Gasteiger partial charge in [-0.3, -0.25) is 4.40 Å². The quantitative estimate of drug-likeness (QED) is 0.466. The summed E-state index contributed by atoms with van der Waals surface area (Å²) in [6, 6.07) is 9.28. The number of imidazole rings is 1. The van der Waals surface area contributed by atoms with E-state index in [0.717, 1.165) is 22.3 Å². The number of pyridine rings is 1. The highest BCUT2D eigenvalue weighted by Crippen LogP contribution is 2.26. The van der Waals surface area contributed by atoms with E-state index in [9.17, 15) is 0 Å².